The van der Waals surface area contributed by atoms with Gasteiger partial charge in [0.1, 0.15) is 6.61 Å². The Kier molecular flexibility index (Phi) is 5.19. The summed E-state index contributed by atoms with van der Waals surface area (Å²) < 4.78 is 32.7. The highest BCUT2D eigenvalue weighted by Crippen LogP contribution is 2.20. The van der Waals surface area contributed by atoms with E-state index in [4.69, 9.17) is 8.92 Å². The number of rotatable bonds is 4. The normalized spacial score (nSPS) is 19.3. The Hall–Kier alpha value is -1.60. The molecule has 1 unspecified atom stereocenters. The van der Waals surface area contributed by atoms with Crippen molar-refractivity contribution in [2.24, 2.45) is 0 Å². The highest BCUT2D eigenvalue weighted by atomic mass is 32.2. The fourth-order valence-electron chi connectivity index (χ4n) is 2.21. The molecule has 1 amide bonds. The van der Waals surface area contributed by atoms with Gasteiger partial charge in [-0.1, -0.05) is 30.3 Å². The smallest absolute Gasteiger partial charge is 0.412 e. The van der Waals surface area contributed by atoms with E-state index in [2.05, 4.69) is 0 Å². The van der Waals surface area contributed by atoms with Crippen molar-refractivity contribution in [3.63, 3.8) is 0 Å². The number of ether oxygens (including phenoxy) is 1. The van der Waals surface area contributed by atoms with Crippen molar-refractivity contribution < 1.29 is 22.1 Å². The largest absolute Gasteiger partial charge is 0.444 e. The maximum Gasteiger partial charge on any atom is 0.412 e. The molecule has 0 bridgehead atoms. The molecule has 0 aromatic heterocycles. The number of carbonyl (C=O) groups excluding carboxylic acids is 1. The molecule has 116 valence electrons. The number of hydrogen-bond donors (Lipinski definition) is 0. The van der Waals surface area contributed by atoms with Crippen LogP contribution in [0.15, 0.2) is 30.3 Å². The van der Waals surface area contributed by atoms with Crippen molar-refractivity contribution in [1.29, 1.82) is 0 Å². The van der Waals surface area contributed by atoms with Crippen molar-refractivity contribution in [2.75, 3.05) is 12.8 Å². The fraction of sp³-hybridized carbons (Fsp3) is 0.500. The summed E-state index contributed by atoms with van der Waals surface area (Å²) in [5.74, 6) is 0. The molecule has 1 saturated heterocycles. The van der Waals surface area contributed by atoms with E-state index in [0.717, 1.165) is 24.7 Å². The van der Waals surface area contributed by atoms with Gasteiger partial charge < -0.3 is 4.74 Å². The lowest BCUT2D eigenvalue weighted by Crippen LogP contribution is -2.46. The van der Waals surface area contributed by atoms with Gasteiger partial charge in [-0.15, -0.1) is 0 Å². The average molecular weight is 313 g/mol. The molecule has 0 spiro atoms. The number of carbonyl (C=O) groups is 1. The first kappa shape index (κ1) is 15.8. The van der Waals surface area contributed by atoms with Crippen LogP contribution < -0.4 is 0 Å². The van der Waals surface area contributed by atoms with Gasteiger partial charge in [0.2, 0.25) is 0 Å². The quantitative estimate of drug-likeness (QED) is 0.796. The molecule has 1 heterocycles. The van der Waals surface area contributed by atoms with E-state index in [1.807, 2.05) is 30.3 Å². The van der Waals surface area contributed by atoms with E-state index in [1.165, 1.54) is 4.90 Å². The van der Waals surface area contributed by atoms with Crippen LogP contribution in [0.25, 0.3) is 0 Å². The monoisotopic (exact) mass is 313 g/mol. The van der Waals surface area contributed by atoms with Crippen LogP contribution in [0.4, 0.5) is 4.79 Å². The Labute approximate surface area is 124 Å². The lowest BCUT2D eigenvalue weighted by Gasteiger charge is -2.33. The van der Waals surface area contributed by atoms with E-state index in [1.54, 1.807) is 0 Å². The van der Waals surface area contributed by atoms with Gasteiger partial charge >= 0.3 is 6.09 Å². The molecule has 0 aliphatic carbocycles. The Morgan fingerprint density at radius 1 is 1.29 bits per heavy atom. The van der Waals surface area contributed by atoms with Gasteiger partial charge in [0.25, 0.3) is 10.1 Å². The molecule has 1 fully saturated rings. The van der Waals surface area contributed by atoms with Crippen molar-refractivity contribution in [3.05, 3.63) is 35.9 Å². The van der Waals surface area contributed by atoms with Crippen molar-refractivity contribution in [2.45, 2.75) is 32.1 Å². The number of hydrogen-bond acceptors (Lipinski definition) is 5. The summed E-state index contributed by atoms with van der Waals surface area (Å²) in [6, 6.07) is 9.31. The zero-order valence-electron chi connectivity index (χ0n) is 11.9. The van der Waals surface area contributed by atoms with Crippen LogP contribution in [0, 0.1) is 0 Å². The molecule has 7 heteroatoms. The minimum atomic E-state index is -3.61. The second kappa shape index (κ2) is 6.91. The van der Waals surface area contributed by atoms with E-state index >= 15 is 0 Å². The van der Waals surface area contributed by atoms with Crippen LogP contribution >= 0.6 is 0 Å². The number of benzene rings is 1. The summed E-state index contributed by atoms with van der Waals surface area (Å²) in [5, 5.41) is 0. The molecule has 1 aromatic carbocycles. The van der Waals surface area contributed by atoms with Gasteiger partial charge in [0, 0.05) is 6.54 Å². The molecule has 2 rings (SSSR count). The lowest BCUT2D eigenvalue weighted by atomic mass is 10.1. The summed E-state index contributed by atoms with van der Waals surface area (Å²) in [6.45, 7) is 0.593. The minimum absolute atomic E-state index is 0.155. The van der Waals surface area contributed by atoms with Gasteiger partial charge in [0.15, 0.2) is 6.23 Å². The summed E-state index contributed by atoms with van der Waals surface area (Å²) >= 11 is 0. The topological polar surface area (TPSA) is 72.9 Å². The Morgan fingerprint density at radius 3 is 2.67 bits per heavy atom. The van der Waals surface area contributed by atoms with Crippen molar-refractivity contribution >= 4 is 16.2 Å². The van der Waals surface area contributed by atoms with Gasteiger partial charge in [-0.25, -0.2) is 8.98 Å². The SMILES string of the molecule is CS(=O)(=O)OC1CCCCN1C(=O)OCc1ccccc1. The third-order valence-electron chi connectivity index (χ3n) is 3.17. The van der Waals surface area contributed by atoms with Crippen LogP contribution in [0.2, 0.25) is 0 Å². The molecule has 0 N–H and O–H groups in total. The maximum atomic E-state index is 12.1. The average Bonchev–Trinajstić information content (AvgIpc) is 2.45. The Bertz CT molecular complexity index is 572. The number of amides is 1. The highest BCUT2D eigenvalue weighted by Gasteiger charge is 2.31. The standard InChI is InChI=1S/C14H19NO5S/c1-21(17,18)20-13-9-5-6-10-15(13)14(16)19-11-12-7-3-2-4-8-12/h2-4,7-8,13H,5-6,9-11H2,1H3. The summed E-state index contributed by atoms with van der Waals surface area (Å²) in [6.07, 6.45) is 1.79. The van der Waals surface area contributed by atoms with E-state index in [0.29, 0.717) is 13.0 Å². The number of piperidine rings is 1. The van der Waals surface area contributed by atoms with E-state index in [-0.39, 0.29) is 6.61 Å². The van der Waals surface area contributed by atoms with E-state index < -0.39 is 22.4 Å². The van der Waals surface area contributed by atoms with Crippen LogP contribution in [0.1, 0.15) is 24.8 Å². The highest BCUT2D eigenvalue weighted by molar-refractivity contribution is 7.86. The summed E-state index contributed by atoms with van der Waals surface area (Å²) in [7, 11) is -3.61. The van der Waals surface area contributed by atoms with Crippen molar-refractivity contribution in [3.8, 4) is 0 Å². The fourth-order valence-corrected chi connectivity index (χ4v) is 2.82. The van der Waals surface area contributed by atoms with Gasteiger partial charge in [0.05, 0.1) is 6.26 Å². The second-order valence-electron chi connectivity index (χ2n) is 4.98. The van der Waals surface area contributed by atoms with Gasteiger partial charge in [-0.05, 0) is 24.8 Å². The molecule has 0 radical (unpaired) electrons. The first-order valence-corrected chi connectivity index (χ1v) is 8.63. The van der Waals surface area contributed by atoms with Crippen LogP contribution in [0.3, 0.4) is 0 Å². The minimum Gasteiger partial charge on any atom is -0.444 e. The molecular weight excluding hydrogens is 294 g/mol. The van der Waals surface area contributed by atoms with Crippen LogP contribution in [-0.2, 0) is 25.6 Å². The van der Waals surface area contributed by atoms with Gasteiger partial charge in [-0.2, -0.15) is 8.42 Å². The van der Waals surface area contributed by atoms with E-state index in [9.17, 15) is 13.2 Å². The number of likely N-dealkylation sites (tertiary alicyclic amines) is 1. The van der Waals surface area contributed by atoms with Crippen molar-refractivity contribution in [1.82, 2.24) is 4.90 Å². The molecule has 1 aliphatic rings. The number of nitrogens with zero attached hydrogens (tertiary/aromatic N) is 1. The van der Waals surface area contributed by atoms with Crippen LogP contribution in [-0.4, -0.2) is 38.4 Å². The predicted octanol–water partition coefficient (Wildman–Crippen LogP) is 2.11. The van der Waals surface area contributed by atoms with Gasteiger partial charge in [-0.3, -0.25) is 4.90 Å². The first-order valence-electron chi connectivity index (χ1n) is 6.81. The third-order valence-corrected chi connectivity index (χ3v) is 3.74. The second-order valence-corrected chi connectivity index (χ2v) is 6.59. The maximum absolute atomic E-state index is 12.1. The molecule has 0 saturated carbocycles. The lowest BCUT2D eigenvalue weighted by molar-refractivity contribution is -0.00431. The zero-order valence-corrected chi connectivity index (χ0v) is 12.7. The molecule has 1 atom stereocenters. The predicted molar refractivity (Wildman–Crippen MR) is 76.9 cm³/mol. The molecule has 6 nitrogen and oxygen atoms in total. The third kappa shape index (κ3) is 5.02. The Balaban J connectivity index is 1.95. The zero-order chi connectivity index (χ0) is 15.3. The molecular formula is C14H19NO5S. The Morgan fingerprint density at radius 2 is 2.00 bits per heavy atom. The molecule has 1 aromatic rings. The summed E-state index contributed by atoms with van der Waals surface area (Å²) in [5.41, 5.74) is 0.878. The molecule has 21 heavy (non-hydrogen) atoms. The first-order chi connectivity index (χ1) is 9.96. The summed E-state index contributed by atoms with van der Waals surface area (Å²) in [4.78, 5) is 13.4. The molecule has 1 aliphatic heterocycles. The van der Waals surface area contributed by atoms with Crippen LogP contribution in [0.5, 0.6) is 0 Å².